The summed E-state index contributed by atoms with van der Waals surface area (Å²) in [5.74, 6) is 0.840. The average molecular weight is 553 g/mol. The van der Waals surface area contributed by atoms with Gasteiger partial charge in [-0.15, -0.1) is 24.0 Å². The zero-order valence-corrected chi connectivity index (χ0v) is 18.8. The van der Waals surface area contributed by atoms with Crippen molar-refractivity contribution < 1.29 is 13.6 Å². The highest BCUT2D eigenvalue weighted by Crippen LogP contribution is 2.16. The number of carbonyl (C=O) groups is 1. The van der Waals surface area contributed by atoms with E-state index in [2.05, 4.69) is 36.9 Å². The molecule has 148 valence electrons. The maximum atomic E-state index is 13.7. The minimum Gasteiger partial charge on any atom is -0.467 e. The van der Waals surface area contributed by atoms with Crippen molar-refractivity contribution in [2.75, 3.05) is 20.1 Å². The van der Waals surface area contributed by atoms with Gasteiger partial charge in [0.15, 0.2) is 5.96 Å². The van der Waals surface area contributed by atoms with Crippen molar-refractivity contribution in [2.24, 2.45) is 4.99 Å². The maximum absolute atomic E-state index is 13.7. The van der Waals surface area contributed by atoms with Gasteiger partial charge in [-0.25, -0.2) is 4.39 Å². The van der Waals surface area contributed by atoms with E-state index >= 15 is 0 Å². The quantitative estimate of drug-likeness (QED) is 0.203. The number of benzene rings is 1. The van der Waals surface area contributed by atoms with Gasteiger partial charge in [0.2, 0.25) is 5.91 Å². The minimum absolute atomic E-state index is 0. The summed E-state index contributed by atoms with van der Waals surface area (Å²) in [7, 11) is 1.63. The van der Waals surface area contributed by atoms with Crippen molar-refractivity contribution in [3.63, 3.8) is 0 Å². The second-order valence-electron chi connectivity index (χ2n) is 5.55. The molecule has 9 heteroatoms. The maximum Gasteiger partial charge on any atom is 0.239 e. The number of halogens is 3. The van der Waals surface area contributed by atoms with E-state index in [0.29, 0.717) is 36.8 Å². The van der Waals surface area contributed by atoms with E-state index in [0.717, 1.165) is 10.9 Å². The second-order valence-corrected chi connectivity index (χ2v) is 6.46. The van der Waals surface area contributed by atoms with Gasteiger partial charge in [-0.05, 0) is 42.7 Å². The van der Waals surface area contributed by atoms with E-state index in [9.17, 15) is 9.18 Å². The van der Waals surface area contributed by atoms with Gasteiger partial charge >= 0.3 is 0 Å². The van der Waals surface area contributed by atoms with Gasteiger partial charge in [0.05, 0.1) is 19.4 Å². The molecule has 1 aromatic carbocycles. The summed E-state index contributed by atoms with van der Waals surface area (Å²) in [6.07, 6.45) is 2.92. The Kier molecular flexibility index (Phi) is 11.0. The number of carbonyl (C=O) groups excluding carboxylic acids is 1. The summed E-state index contributed by atoms with van der Waals surface area (Å²) in [5, 5.41) is 8.78. The SMILES string of the molecule is CN=C(NCCCc1ccc(Br)cc1F)NCC(=O)NCc1ccco1.I. The van der Waals surface area contributed by atoms with E-state index < -0.39 is 0 Å². The molecule has 0 saturated heterocycles. The molecular weight excluding hydrogens is 530 g/mol. The first-order valence-corrected chi connectivity index (χ1v) is 9.05. The monoisotopic (exact) mass is 552 g/mol. The van der Waals surface area contributed by atoms with Crippen molar-refractivity contribution in [3.05, 3.63) is 58.2 Å². The van der Waals surface area contributed by atoms with E-state index in [-0.39, 0.29) is 42.2 Å². The summed E-state index contributed by atoms with van der Waals surface area (Å²) in [4.78, 5) is 15.9. The Hall–Kier alpha value is -1.62. The van der Waals surface area contributed by atoms with Crippen LogP contribution in [-0.4, -0.2) is 32.0 Å². The van der Waals surface area contributed by atoms with Crippen LogP contribution in [0, 0.1) is 5.82 Å². The van der Waals surface area contributed by atoms with Crippen LogP contribution in [0.1, 0.15) is 17.7 Å². The Morgan fingerprint density at radius 2 is 2.07 bits per heavy atom. The van der Waals surface area contributed by atoms with Gasteiger partial charge in [-0.1, -0.05) is 22.0 Å². The topological polar surface area (TPSA) is 78.7 Å². The van der Waals surface area contributed by atoms with Crippen LogP contribution < -0.4 is 16.0 Å². The molecule has 0 radical (unpaired) electrons. The summed E-state index contributed by atoms with van der Waals surface area (Å²) < 4.78 is 19.6. The van der Waals surface area contributed by atoms with Crippen molar-refractivity contribution in [2.45, 2.75) is 19.4 Å². The molecule has 0 saturated carbocycles. The Morgan fingerprint density at radius 1 is 1.26 bits per heavy atom. The number of nitrogens with zero attached hydrogens (tertiary/aromatic N) is 1. The summed E-state index contributed by atoms with van der Waals surface area (Å²) >= 11 is 3.24. The first kappa shape index (κ1) is 23.4. The first-order valence-electron chi connectivity index (χ1n) is 8.26. The summed E-state index contributed by atoms with van der Waals surface area (Å²) in [5.41, 5.74) is 0.676. The molecule has 27 heavy (non-hydrogen) atoms. The van der Waals surface area contributed by atoms with Crippen LogP contribution in [0.5, 0.6) is 0 Å². The van der Waals surface area contributed by atoms with Crippen LogP contribution >= 0.6 is 39.9 Å². The molecule has 2 rings (SSSR count). The third-order valence-corrected chi connectivity index (χ3v) is 4.10. The van der Waals surface area contributed by atoms with Crippen LogP contribution in [0.4, 0.5) is 4.39 Å². The van der Waals surface area contributed by atoms with Crippen molar-refractivity contribution >= 4 is 51.8 Å². The molecule has 0 aliphatic carbocycles. The Balaban J connectivity index is 0.00000364. The molecule has 6 nitrogen and oxygen atoms in total. The number of aliphatic imine (C=N–C) groups is 1. The van der Waals surface area contributed by atoms with E-state index in [1.807, 2.05) is 6.07 Å². The Morgan fingerprint density at radius 3 is 2.74 bits per heavy atom. The number of amides is 1. The van der Waals surface area contributed by atoms with Crippen LogP contribution in [0.3, 0.4) is 0 Å². The fourth-order valence-electron chi connectivity index (χ4n) is 2.26. The molecule has 2 aromatic rings. The molecule has 0 bridgehead atoms. The van der Waals surface area contributed by atoms with Crippen LogP contribution in [0.2, 0.25) is 0 Å². The number of hydrogen-bond donors (Lipinski definition) is 3. The van der Waals surface area contributed by atoms with E-state index in [1.165, 1.54) is 6.07 Å². The Labute approximate surface area is 183 Å². The molecule has 0 aliphatic rings. The Bertz CT molecular complexity index is 741. The lowest BCUT2D eigenvalue weighted by Crippen LogP contribution is -2.43. The molecule has 1 aromatic heterocycles. The van der Waals surface area contributed by atoms with Gasteiger partial charge < -0.3 is 20.4 Å². The fraction of sp³-hybridized carbons (Fsp3) is 0.333. The van der Waals surface area contributed by atoms with Crippen LogP contribution in [0.15, 0.2) is 50.5 Å². The molecule has 0 unspecified atom stereocenters. The first-order chi connectivity index (χ1) is 12.6. The average Bonchev–Trinajstić information content (AvgIpc) is 3.14. The van der Waals surface area contributed by atoms with E-state index in [1.54, 1.807) is 31.5 Å². The number of guanidine groups is 1. The van der Waals surface area contributed by atoms with Crippen LogP contribution in [0.25, 0.3) is 0 Å². The van der Waals surface area contributed by atoms with E-state index in [4.69, 9.17) is 4.42 Å². The summed E-state index contributed by atoms with van der Waals surface area (Å²) in [6, 6.07) is 8.63. The molecule has 0 aliphatic heterocycles. The third kappa shape index (κ3) is 8.74. The predicted molar refractivity (Wildman–Crippen MR) is 118 cm³/mol. The number of aryl methyl sites for hydroxylation is 1. The molecule has 1 amide bonds. The highest BCUT2D eigenvalue weighted by Gasteiger charge is 2.05. The zero-order valence-electron chi connectivity index (χ0n) is 14.9. The van der Waals surface area contributed by atoms with Crippen molar-refractivity contribution in [3.8, 4) is 0 Å². The number of hydrogen-bond acceptors (Lipinski definition) is 3. The zero-order chi connectivity index (χ0) is 18.8. The molecule has 3 N–H and O–H groups in total. The van der Waals surface area contributed by atoms with Crippen molar-refractivity contribution in [1.29, 1.82) is 0 Å². The van der Waals surface area contributed by atoms with Crippen molar-refractivity contribution in [1.82, 2.24) is 16.0 Å². The van der Waals surface area contributed by atoms with Gasteiger partial charge in [0.25, 0.3) is 0 Å². The lowest BCUT2D eigenvalue weighted by Gasteiger charge is -2.12. The van der Waals surface area contributed by atoms with Crippen LogP contribution in [-0.2, 0) is 17.8 Å². The minimum atomic E-state index is -0.213. The largest absolute Gasteiger partial charge is 0.467 e. The lowest BCUT2D eigenvalue weighted by molar-refractivity contribution is -0.120. The standard InChI is InChI=1S/C18H22BrFN4O2.HI/c1-21-18(24-12-17(25)23-11-15-5-3-9-26-15)22-8-2-4-13-6-7-14(19)10-16(13)20;/h3,5-7,9-10H,2,4,8,11-12H2,1H3,(H,23,25)(H2,21,22,24);1H. The molecule has 0 fully saturated rings. The molecular formula is C18H23BrFIN4O2. The fourth-order valence-corrected chi connectivity index (χ4v) is 2.59. The smallest absolute Gasteiger partial charge is 0.239 e. The van der Waals surface area contributed by atoms with Gasteiger partial charge in [0.1, 0.15) is 11.6 Å². The predicted octanol–water partition coefficient (Wildman–Crippen LogP) is 3.21. The highest BCUT2D eigenvalue weighted by molar-refractivity contribution is 14.0. The lowest BCUT2D eigenvalue weighted by atomic mass is 10.1. The van der Waals surface area contributed by atoms with Gasteiger partial charge in [0, 0.05) is 18.1 Å². The molecule has 0 atom stereocenters. The summed E-state index contributed by atoms with van der Waals surface area (Å²) in [6.45, 7) is 1.06. The number of nitrogens with one attached hydrogen (secondary N) is 3. The third-order valence-electron chi connectivity index (χ3n) is 3.61. The number of furan rings is 1. The molecule has 0 spiro atoms. The highest BCUT2D eigenvalue weighted by atomic mass is 127. The van der Waals surface area contributed by atoms with Gasteiger partial charge in [-0.2, -0.15) is 0 Å². The molecule has 1 heterocycles. The van der Waals surface area contributed by atoms with Gasteiger partial charge in [-0.3, -0.25) is 9.79 Å². The normalized spacial score (nSPS) is 10.9. The number of rotatable bonds is 8. The second kappa shape index (κ2) is 12.7.